The van der Waals surface area contributed by atoms with Crippen LogP contribution in [0.15, 0.2) is 11.1 Å². The minimum Gasteiger partial charge on any atom is -0.336 e. The van der Waals surface area contributed by atoms with Gasteiger partial charge in [-0.2, -0.15) is 0 Å². The van der Waals surface area contributed by atoms with E-state index in [1.165, 1.54) is 31.3 Å². The summed E-state index contributed by atoms with van der Waals surface area (Å²) in [6, 6.07) is 0.501. The highest BCUT2D eigenvalue weighted by molar-refractivity contribution is 5.94. The molecule has 0 aromatic heterocycles. The van der Waals surface area contributed by atoms with Crippen LogP contribution < -0.4 is 5.32 Å². The van der Waals surface area contributed by atoms with Gasteiger partial charge in [0.25, 0.3) is 0 Å². The van der Waals surface area contributed by atoms with Gasteiger partial charge < -0.3 is 10.2 Å². The highest BCUT2D eigenvalue weighted by Crippen LogP contribution is 2.25. The molecule has 90 valence electrons. The minimum atomic E-state index is 0.269. The van der Waals surface area contributed by atoms with E-state index in [0.717, 1.165) is 25.2 Å². The van der Waals surface area contributed by atoms with E-state index in [1.807, 2.05) is 6.92 Å². The summed E-state index contributed by atoms with van der Waals surface area (Å²) in [5.74, 6) is 0.269. The first-order chi connectivity index (χ1) is 7.74. The fourth-order valence-electron chi connectivity index (χ4n) is 2.67. The lowest BCUT2D eigenvalue weighted by Gasteiger charge is -2.30. The minimum absolute atomic E-state index is 0.269. The molecule has 16 heavy (non-hydrogen) atoms. The summed E-state index contributed by atoms with van der Waals surface area (Å²) in [5, 5.41) is 3.19. The number of nitrogens with one attached hydrogen (secondary N) is 1. The third kappa shape index (κ3) is 2.14. The lowest BCUT2D eigenvalue weighted by Crippen LogP contribution is -2.42. The van der Waals surface area contributed by atoms with Gasteiger partial charge in [0.15, 0.2) is 0 Å². The number of likely N-dealkylation sites (N-methyl/N-ethyl adjacent to an activating group) is 1. The average Bonchev–Trinajstić information content (AvgIpc) is 2.69. The van der Waals surface area contributed by atoms with Crippen molar-refractivity contribution in [3.05, 3.63) is 11.1 Å². The first-order valence-electron chi connectivity index (χ1n) is 6.44. The molecule has 1 amide bonds. The molecule has 0 aromatic carbocycles. The highest BCUT2D eigenvalue weighted by atomic mass is 16.2. The molecule has 1 aliphatic heterocycles. The third-order valence-electron chi connectivity index (χ3n) is 3.89. The van der Waals surface area contributed by atoms with Gasteiger partial charge in [0.2, 0.25) is 5.91 Å². The second-order valence-corrected chi connectivity index (χ2v) is 4.86. The maximum Gasteiger partial charge on any atom is 0.249 e. The predicted octanol–water partition coefficient (Wildman–Crippen LogP) is 1.70. The van der Waals surface area contributed by atoms with E-state index >= 15 is 0 Å². The zero-order valence-corrected chi connectivity index (χ0v) is 10.4. The molecule has 2 rings (SSSR count). The number of rotatable bonds is 3. The summed E-state index contributed by atoms with van der Waals surface area (Å²) in [7, 11) is 0. The van der Waals surface area contributed by atoms with Gasteiger partial charge in [-0.25, -0.2) is 0 Å². The van der Waals surface area contributed by atoms with Crippen molar-refractivity contribution in [1.29, 1.82) is 0 Å². The Morgan fingerprint density at radius 2 is 2.00 bits per heavy atom. The zero-order valence-electron chi connectivity index (χ0n) is 10.4. The monoisotopic (exact) mass is 222 g/mol. The summed E-state index contributed by atoms with van der Waals surface area (Å²) in [6.45, 7) is 6.73. The van der Waals surface area contributed by atoms with Crippen molar-refractivity contribution in [3.63, 3.8) is 0 Å². The number of carbonyl (C=O) groups excluding carboxylic acids is 1. The van der Waals surface area contributed by atoms with Crippen LogP contribution in [0.4, 0.5) is 0 Å². The maximum absolute atomic E-state index is 12.3. The predicted molar refractivity (Wildman–Crippen MR) is 65.2 cm³/mol. The molecule has 1 aliphatic carbocycles. The van der Waals surface area contributed by atoms with Crippen LogP contribution in [0, 0.1) is 0 Å². The van der Waals surface area contributed by atoms with E-state index in [-0.39, 0.29) is 5.91 Å². The van der Waals surface area contributed by atoms with Crippen LogP contribution in [0.5, 0.6) is 0 Å². The number of nitrogens with zero attached hydrogens (tertiary/aromatic N) is 1. The van der Waals surface area contributed by atoms with E-state index in [0.29, 0.717) is 6.04 Å². The average molecular weight is 222 g/mol. The Morgan fingerprint density at radius 1 is 1.38 bits per heavy atom. The lowest BCUT2D eigenvalue weighted by atomic mass is 10.0. The highest BCUT2D eigenvalue weighted by Gasteiger charge is 2.27. The Labute approximate surface area is 97.9 Å². The molecule has 0 spiro atoms. The lowest BCUT2D eigenvalue weighted by molar-refractivity contribution is -0.129. The van der Waals surface area contributed by atoms with Crippen LogP contribution in [-0.2, 0) is 4.79 Å². The SMILES string of the molecule is CCN(C(=O)C(C)=C1CNC1)C1CCCC1. The molecule has 2 aliphatic rings. The van der Waals surface area contributed by atoms with Crippen molar-refractivity contribution in [3.8, 4) is 0 Å². The Kier molecular flexibility index (Phi) is 3.64. The van der Waals surface area contributed by atoms with Gasteiger partial charge in [-0.05, 0) is 32.3 Å². The largest absolute Gasteiger partial charge is 0.336 e. The van der Waals surface area contributed by atoms with E-state index in [9.17, 15) is 4.79 Å². The van der Waals surface area contributed by atoms with Gasteiger partial charge in [-0.15, -0.1) is 0 Å². The smallest absolute Gasteiger partial charge is 0.249 e. The molecule has 0 unspecified atom stereocenters. The summed E-state index contributed by atoms with van der Waals surface area (Å²) in [6.07, 6.45) is 4.96. The van der Waals surface area contributed by atoms with Gasteiger partial charge in [0.1, 0.15) is 0 Å². The number of carbonyl (C=O) groups is 1. The fourth-order valence-corrected chi connectivity index (χ4v) is 2.67. The van der Waals surface area contributed by atoms with Crippen LogP contribution in [0.1, 0.15) is 39.5 Å². The van der Waals surface area contributed by atoms with Crippen LogP contribution in [0.25, 0.3) is 0 Å². The van der Waals surface area contributed by atoms with Crippen molar-refractivity contribution < 1.29 is 4.79 Å². The zero-order chi connectivity index (χ0) is 11.5. The second kappa shape index (κ2) is 5.00. The van der Waals surface area contributed by atoms with Gasteiger partial charge in [0.05, 0.1) is 0 Å². The van der Waals surface area contributed by atoms with Crippen LogP contribution in [0.2, 0.25) is 0 Å². The van der Waals surface area contributed by atoms with Crippen molar-refractivity contribution in [2.75, 3.05) is 19.6 Å². The van der Waals surface area contributed by atoms with Crippen LogP contribution >= 0.6 is 0 Å². The van der Waals surface area contributed by atoms with Crippen molar-refractivity contribution in [1.82, 2.24) is 10.2 Å². The number of hydrogen-bond acceptors (Lipinski definition) is 2. The first kappa shape index (κ1) is 11.6. The standard InChI is InChI=1S/C13H22N2O/c1-3-15(12-6-4-5-7-12)13(16)10(2)11-8-14-9-11/h12,14H,3-9H2,1-2H3. The number of amides is 1. The summed E-state index contributed by atoms with van der Waals surface area (Å²) >= 11 is 0. The van der Waals surface area contributed by atoms with E-state index in [4.69, 9.17) is 0 Å². The fraction of sp³-hybridized carbons (Fsp3) is 0.769. The van der Waals surface area contributed by atoms with Gasteiger partial charge in [-0.1, -0.05) is 12.8 Å². The Morgan fingerprint density at radius 3 is 2.44 bits per heavy atom. The molecule has 1 saturated carbocycles. The molecular weight excluding hydrogens is 200 g/mol. The summed E-state index contributed by atoms with van der Waals surface area (Å²) in [5.41, 5.74) is 2.27. The second-order valence-electron chi connectivity index (χ2n) is 4.86. The number of hydrogen-bond donors (Lipinski definition) is 1. The molecular formula is C13H22N2O. The summed E-state index contributed by atoms with van der Waals surface area (Å²) in [4.78, 5) is 14.4. The van der Waals surface area contributed by atoms with Crippen molar-refractivity contribution in [2.45, 2.75) is 45.6 Å². The molecule has 0 aromatic rings. The van der Waals surface area contributed by atoms with E-state index < -0.39 is 0 Å². The molecule has 1 N–H and O–H groups in total. The maximum atomic E-state index is 12.3. The molecule has 0 radical (unpaired) electrons. The van der Waals surface area contributed by atoms with Gasteiger partial charge >= 0.3 is 0 Å². The van der Waals surface area contributed by atoms with Crippen LogP contribution in [-0.4, -0.2) is 36.5 Å². The molecule has 3 heteroatoms. The van der Waals surface area contributed by atoms with E-state index in [1.54, 1.807) is 0 Å². The molecule has 0 bridgehead atoms. The Balaban J connectivity index is 2.05. The Hall–Kier alpha value is -0.830. The first-order valence-corrected chi connectivity index (χ1v) is 6.44. The normalized spacial score (nSPS) is 20.8. The van der Waals surface area contributed by atoms with Gasteiger partial charge in [-0.3, -0.25) is 4.79 Å². The quantitative estimate of drug-likeness (QED) is 0.737. The van der Waals surface area contributed by atoms with Crippen molar-refractivity contribution >= 4 is 5.91 Å². The van der Waals surface area contributed by atoms with E-state index in [2.05, 4.69) is 17.1 Å². The van der Waals surface area contributed by atoms with Crippen LogP contribution in [0.3, 0.4) is 0 Å². The molecule has 1 saturated heterocycles. The van der Waals surface area contributed by atoms with Gasteiger partial charge in [0, 0.05) is 31.2 Å². The Bertz CT molecular complexity index is 297. The van der Waals surface area contributed by atoms with Crippen molar-refractivity contribution in [2.24, 2.45) is 0 Å². The molecule has 2 fully saturated rings. The molecule has 3 nitrogen and oxygen atoms in total. The summed E-state index contributed by atoms with van der Waals surface area (Å²) < 4.78 is 0. The third-order valence-corrected chi connectivity index (χ3v) is 3.89. The molecule has 0 atom stereocenters. The molecule has 1 heterocycles. The topological polar surface area (TPSA) is 32.3 Å².